The second kappa shape index (κ2) is 8.22. The van der Waals surface area contributed by atoms with Gasteiger partial charge in [0.15, 0.2) is 0 Å². The van der Waals surface area contributed by atoms with E-state index in [1.165, 1.54) is 0 Å². The van der Waals surface area contributed by atoms with Gasteiger partial charge in [-0.05, 0) is 48.9 Å². The lowest BCUT2D eigenvalue weighted by molar-refractivity contribution is -0.119. The maximum absolute atomic E-state index is 12.5. The summed E-state index contributed by atoms with van der Waals surface area (Å²) in [6.07, 6.45) is 0.802. The van der Waals surface area contributed by atoms with Crippen LogP contribution in [0.15, 0.2) is 42.5 Å². The van der Waals surface area contributed by atoms with Gasteiger partial charge in [0, 0.05) is 48.0 Å². The van der Waals surface area contributed by atoms with Crippen LogP contribution in [0.25, 0.3) is 0 Å². The van der Waals surface area contributed by atoms with Crippen molar-refractivity contribution in [1.82, 2.24) is 9.80 Å². The third-order valence-corrected chi connectivity index (χ3v) is 4.98. The number of aryl methyl sites for hydroxylation is 1. The van der Waals surface area contributed by atoms with E-state index < -0.39 is 0 Å². The monoisotopic (exact) mass is 385 g/mol. The lowest BCUT2D eigenvalue weighted by Crippen LogP contribution is -2.48. The molecule has 0 unspecified atom stereocenters. The third kappa shape index (κ3) is 4.46. The first-order chi connectivity index (χ1) is 13.0. The fourth-order valence-corrected chi connectivity index (χ4v) is 3.03. The Morgan fingerprint density at radius 1 is 1.00 bits per heavy atom. The molecule has 3 rings (SSSR count). The smallest absolute Gasteiger partial charge is 0.255 e. The highest BCUT2D eigenvalue weighted by molar-refractivity contribution is 6.31. The maximum atomic E-state index is 12.5. The van der Waals surface area contributed by atoms with Crippen molar-refractivity contribution in [3.8, 4) is 0 Å². The third-order valence-electron chi connectivity index (χ3n) is 4.57. The Labute approximate surface area is 162 Å². The van der Waals surface area contributed by atoms with Gasteiger partial charge in [-0.3, -0.25) is 14.4 Å². The maximum Gasteiger partial charge on any atom is 0.255 e. The molecule has 7 heteroatoms. The quantitative estimate of drug-likeness (QED) is 0.823. The average molecular weight is 386 g/mol. The Bertz CT molecular complexity index is 859. The minimum Gasteiger partial charge on any atom is -0.342 e. The number of carbonyl (C=O) groups is 3. The summed E-state index contributed by atoms with van der Waals surface area (Å²) >= 11 is 6.08. The molecule has 1 aliphatic heterocycles. The number of anilines is 1. The Morgan fingerprint density at radius 2 is 1.63 bits per heavy atom. The molecule has 1 heterocycles. The second-order valence-electron chi connectivity index (χ2n) is 6.43. The summed E-state index contributed by atoms with van der Waals surface area (Å²) in [7, 11) is 0. The molecule has 0 radical (unpaired) electrons. The summed E-state index contributed by atoms with van der Waals surface area (Å²) in [5.41, 5.74) is 2.52. The zero-order chi connectivity index (χ0) is 19.4. The normalized spacial score (nSPS) is 14.0. The van der Waals surface area contributed by atoms with Crippen LogP contribution in [0.4, 0.5) is 5.69 Å². The molecule has 1 N–H and O–H groups in total. The lowest BCUT2D eigenvalue weighted by atomic mass is 10.1. The Morgan fingerprint density at radius 3 is 2.22 bits per heavy atom. The largest absolute Gasteiger partial charge is 0.342 e. The van der Waals surface area contributed by atoms with E-state index in [9.17, 15) is 14.4 Å². The van der Waals surface area contributed by atoms with Gasteiger partial charge in [0.2, 0.25) is 6.41 Å². The number of hydrogen-bond donors (Lipinski definition) is 1. The molecule has 27 heavy (non-hydrogen) atoms. The molecule has 2 aromatic rings. The summed E-state index contributed by atoms with van der Waals surface area (Å²) in [6, 6.07) is 11.9. The van der Waals surface area contributed by atoms with Crippen molar-refractivity contribution in [3.63, 3.8) is 0 Å². The minimum atomic E-state index is -0.270. The molecular formula is C20H20ClN3O3. The number of nitrogens with zero attached hydrogens (tertiary/aromatic N) is 2. The van der Waals surface area contributed by atoms with Crippen molar-refractivity contribution >= 4 is 35.5 Å². The molecule has 0 aromatic heterocycles. The molecule has 1 saturated heterocycles. The molecule has 0 atom stereocenters. The minimum absolute atomic E-state index is 0.0992. The van der Waals surface area contributed by atoms with Crippen LogP contribution in [0.5, 0.6) is 0 Å². The zero-order valence-corrected chi connectivity index (χ0v) is 15.7. The van der Waals surface area contributed by atoms with E-state index in [4.69, 9.17) is 11.6 Å². The van der Waals surface area contributed by atoms with Crippen LogP contribution in [0.2, 0.25) is 5.02 Å². The van der Waals surface area contributed by atoms with E-state index in [-0.39, 0.29) is 11.8 Å². The van der Waals surface area contributed by atoms with Gasteiger partial charge in [0.1, 0.15) is 0 Å². The van der Waals surface area contributed by atoms with Crippen LogP contribution in [0, 0.1) is 6.92 Å². The highest BCUT2D eigenvalue weighted by Crippen LogP contribution is 2.20. The standard InChI is InChI=1S/C20H20ClN3O3/c1-14-2-7-17(12-18(14)21)22-19(26)15-3-5-16(6-4-15)20(27)24-10-8-23(13-25)9-11-24/h2-7,12-13H,8-11H2,1H3,(H,22,26). The first-order valence-corrected chi connectivity index (χ1v) is 9.02. The van der Waals surface area contributed by atoms with Crippen LogP contribution in [0.3, 0.4) is 0 Å². The fourth-order valence-electron chi connectivity index (χ4n) is 2.85. The molecule has 0 bridgehead atoms. The first kappa shape index (κ1) is 18.9. The molecule has 140 valence electrons. The van der Waals surface area contributed by atoms with Crippen molar-refractivity contribution in [3.05, 3.63) is 64.2 Å². The molecular weight excluding hydrogens is 366 g/mol. The van der Waals surface area contributed by atoms with E-state index in [1.54, 1.807) is 46.2 Å². The number of amides is 3. The van der Waals surface area contributed by atoms with Crippen LogP contribution in [0.1, 0.15) is 26.3 Å². The number of nitrogens with one attached hydrogen (secondary N) is 1. The van der Waals surface area contributed by atoms with Gasteiger partial charge < -0.3 is 15.1 Å². The van der Waals surface area contributed by atoms with Crippen LogP contribution < -0.4 is 5.32 Å². The van der Waals surface area contributed by atoms with Crippen molar-refractivity contribution in [1.29, 1.82) is 0 Å². The van der Waals surface area contributed by atoms with Crippen LogP contribution in [-0.4, -0.2) is 54.2 Å². The summed E-state index contributed by atoms with van der Waals surface area (Å²) in [5.74, 6) is -0.369. The van der Waals surface area contributed by atoms with E-state index in [2.05, 4.69) is 5.32 Å². The summed E-state index contributed by atoms with van der Waals surface area (Å²) in [4.78, 5) is 39.0. The predicted molar refractivity (Wildman–Crippen MR) is 104 cm³/mol. The van der Waals surface area contributed by atoms with Gasteiger partial charge >= 0.3 is 0 Å². The lowest BCUT2D eigenvalue weighted by Gasteiger charge is -2.32. The van der Waals surface area contributed by atoms with E-state index in [0.717, 1.165) is 12.0 Å². The Kier molecular flexibility index (Phi) is 5.76. The molecule has 1 aliphatic rings. The first-order valence-electron chi connectivity index (χ1n) is 8.64. The van der Waals surface area contributed by atoms with Gasteiger partial charge in [-0.15, -0.1) is 0 Å². The molecule has 3 amide bonds. The number of piperazine rings is 1. The Balaban J connectivity index is 1.64. The van der Waals surface area contributed by atoms with E-state index in [1.807, 2.05) is 13.0 Å². The van der Waals surface area contributed by atoms with Gasteiger partial charge in [-0.2, -0.15) is 0 Å². The van der Waals surface area contributed by atoms with Crippen molar-refractivity contribution < 1.29 is 14.4 Å². The van der Waals surface area contributed by atoms with Crippen LogP contribution >= 0.6 is 11.6 Å². The highest BCUT2D eigenvalue weighted by Gasteiger charge is 2.21. The van der Waals surface area contributed by atoms with Gasteiger partial charge in [-0.1, -0.05) is 17.7 Å². The van der Waals surface area contributed by atoms with Gasteiger partial charge in [0.05, 0.1) is 0 Å². The number of halogens is 1. The topological polar surface area (TPSA) is 69.7 Å². The van der Waals surface area contributed by atoms with Crippen LogP contribution in [-0.2, 0) is 4.79 Å². The Hall–Kier alpha value is -2.86. The molecule has 0 aliphatic carbocycles. The van der Waals surface area contributed by atoms with Gasteiger partial charge in [-0.25, -0.2) is 0 Å². The number of carbonyl (C=O) groups excluding carboxylic acids is 3. The van der Waals surface area contributed by atoms with Crippen molar-refractivity contribution in [2.24, 2.45) is 0 Å². The molecule has 1 fully saturated rings. The van der Waals surface area contributed by atoms with Crippen molar-refractivity contribution in [2.75, 3.05) is 31.5 Å². The average Bonchev–Trinajstić information content (AvgIpc) is 2.70. The molecule has 2 aromatic carbocycles. The number of hydrogen-bond acceptors (Lipinski definition) is 3. The second-order valence-corrected chi connectivity index (χ2v) is 6.84. The highest BCUT2D eigenvalue weighted by atomic mass is 35.5. The summed E-state index contributed by atoms with van der Waals surface area (Å²) < 4.78 is 0. The fraction of sp³-hybridized carbons (Fsp3) is 0.250. The van der Waals surface area contributed by atoms with E-state index in [0.29, 0.717) is 48.0 Å². The van der Waals surface area contributed by atoms with Crippen molar-refractivity contribution in [2.45, 2.75) is 6.92 Å². The summed E-state index contributed by atoms with van der Waals surface area (Å²) in [6.45, 7) is 3.98. The predicted octanol–water partition coefficient (Wildman–Crippen LogP) is 2.81. The number of rotatable bonds is 4. The molecule has 0 spiro atoms. The van der Waals surface area contributed by atoms with E-state index >= 15 is 0 Å². The van der Waals surface area contributed by atoms with Gasteiger partial charge in [0.25, 0.3) is 11.8 Å². The summed E-state index contributed by atoms with van der Waals surface area (Å²) in [5, 5.41) is 3.38. The SMILES string of the molecule is Cc1ccc(NC(=O)c2ccc(C(=O)N3CCN(C=O)CC3)cc2)cc1Cl. The number of benzene rings is 2. The zero-order valence-electron chi connectivity index (χ0n) is 14.9. The molecule has 0 saturated carbocycles. The molecule has 6 nitrogen and oxygen atoms in total.